The van der Waals surface area contributed by atoms with E-state index in [2.05, 4.69) is 53.1 Å². The number of nitrogens with one attached hydrogen (secondary N) is 1. The number of amides is 1. The van der Waals surface area contributed by atoms with Crippen LogP contribution in [-0.2, 0) is 11.2 Å². The number of nitrogens with zero attached hydrogens (tertiary/aromatic N) is 3. The summed E-state index contributed by atoms with van der Waals surface area (Å²) in [5.41, 5.74) is 3.32. The highest BCUT2D eigenvalue weighted by atomic mass is 32.1. The van der Waals surface area contributed by atoms with Crippen LogP contribution in [0.25, 0.3) is 10.2 Å². The largest absolute Gasteiger partial charge is 0.356 e. The fraction of sp³-hybridized carbons (Fsp3) is 0.409. The molecule has 0 spiro atoms. The van der Waals surface area contributed by atoms with Crippen molar-refractivity contribution in [2.45, 2.75) is 40.0 Å². The average molecular weight is 395 g/mol. The first kappa shape index (κ1) is 18.9. The van der Waals surface area contributed by atoms with E-state index in [0.717, 1.165) is 54.1 Å². The molecule has 0 radical (unpaired) electrons. The second-order valence-corrected chi connectivity index (χ2v) is 8.65. The van der Waals surface area contributed by atoms with Gasteiger partial charge in [-0.05, 0) is 62.4 Å². The molecule has 1 aromatic carbocycles. The van der Waals surface area contributed by atoms with Crippen molar-refractivity contribution in [3.8, 4) is 0 Å². The molecule has 6 heteroatoms. The molecule has 28 heavy (non-hydrogen) atoms. The minimum Gasteiger partial charge on any atom is -0.356 e. The highest BCUT2D eigenvalue weighted by molar-refractivity contribution is 7.18. The van der Waals surface area contributed by atoms with Crippen LogP contribution in [0.15, 0.2) is 30.6 Å². The molecule has 0 aliphatic carbocycles. The van der Waals surface area contributed by atoms with E-state index in [0.29, 0.717) is 0 Å². The fourth-order valence-corrected chi connectivity index (χ4v) is 4.67. The lowest BCUT2D eigenvalue weighted by Gasteiger charge is -2.32. The molecular formula is C22H26N4OS. The summed E-state index contributed by atoms with van der Waals surface area (Å²) in [6.45, 7) is 8.00. The minimum absolute atomic E-state index is 0.0452. The number of hydrogen-bond acceptors (Lipinski definition) is 5. The van der Waals surface area contributed by atoms with Crippen molar-refractivity contribution in [2.24, 2.45) is 5.92 Å². The SMILES string of the molecule is CCc1cc2c(N3CCC(C(=O)Nc4ccc(C)c(C)c4)CC3)ncnc2s1. The van der Waals surface area contributed by atoms with E-state index in [-0.39, 0.29) is 11.8 Å². The summed E-state index contributed by atoms with van der Waals surface area (Å²) < 4.78 is 0. The summed E-state index contributed by atoms with van der Waals surface area (Å²) in [5.74, 6) is 1.18. The van der Waals surface area contributed by atoms with Gasteiger partial charge in [0.05, 0.1) is 5.39 Å². The van der Waals surface area contributed by atoms with Crippen molar-refractivity contribution in [3.05, 3.63) is 46.6 Å². The zero-order chi connectivity index (χ0) is 19.7. The van der Waals surface area contributed by atoms with Crippen LogP contribution in [0.2, 0.25) is 0 Å². The Labute approximate surface area is 169 Å². The Kier molecular flexibility index (Phi) is 5.31. The zero-order valence-corrected chi connectivity index (χ0v) is 17.5. The third-order valence-electron chi connectivity index (χ3n) is 5.65. The molecule has 0 atom stereocenters. The number of fused-ring (bicyclic) bond motifs is 1. The van der Waals surface area contributed by atoms with E-state index in [4.69, 9.17) is 0 Å². The molecule has 3 heterocycles. The first-order valence-corrected chi connectivity index (χ1v) is 10.7. The van der Waals surface area contributed by atoms with Crippen LogP contribution in [0.5, 0.6) is 0 Å². The van der Waals surface area contributed by atoms with Crippen LogP contribution in [0.4, 0.5) is 11.5 Å². The molecule has 5 nitrogen and oxygen atoms in total. The monoisotopic (exact) mass is 394 g/mol. The minimum atomic E-state index is 0.0452. The maximum Gasteiger partial charge on any atom is 0.227 e. The molecule has 1 saturated heterocycles. The smallest absolute Gasteiger partial charge is 0.227 e. The topological polar surface area (TPSA) is 58.1 Å². The summed E-state index contributed by atoms with van der Waals surface area (Å²) in [6, 6.07) is 8.30. The maximum atomic E-state index is 12.7. The Hall–Kier alpha value is -2.47. The first-order valence-electron chi connectivity index (χ1n) is 9.91. The Balaban J connectivity index is 1.42. The third-order valence-corrected chi connectivity index (χ3v) is 6.83. The summed E-state index contributed by atoms with van der Waals surface area (Å²) in [6.07, 6.45) is 4.35. The van der Waals surface area contributed by atoms with E-state index in [1.165, 1.54) is 16.0 Å². The second kappa shape index (κ2) is 7.87. The number of benzene rings is 1. The van der Waals surface area contributed by atoms with Crippen LogP contribution in [-0.4, -0.2) is 29.0 Å². The van der Waals surface area contributed by atoms with Gasteiger partial charge in [0.25, 0.3) is 0 Å². The maximum absolute atomic E-state index is 12.7. The standard InChI is InChI=1S/C22H26N4OS/c1-4-18-12-19-20(23-13-24-22(19)28-18)26-9-7-16(8-10-26)21(27)25-17-6-5-14(2)15(3)11-17/h5-6,11-13,16H,4,7-10H2,1-3H3,(H,25,27). The van der Waals surface area contributed by atoms with Gasteiger partial charge in [-0.1, -0.05) is 13.0 Å². The van der Waals surface area contributed by atoms with Gasteiger partial charge >= 0.3 is 0 Å². The van der Waals surface area contributed by atoms with Gasteiger partial charge in [-0.3, -0.25) is 4.79 Å². The Morgan fingerprint density at radius 2 is 1.96 bits per heavy atom. The molecule has 0 unspecified atom stereocenters. The molecule has 146 valence electrons. The van der Waals surface area contributed by atoms with Gasteiger partial charge in [-0.15, -0.1) is 11.3 Å². The van der Waals surface area contributed by atoms with Crippen molar-refractivity contribution in [2.75, 3.05) is 23.3 Å². The van der Waals surface area contributed by atoms with Gasteiger partial charge < -0.3 is 10.2 Å². The molecular weight excluding hydrogens is 368 g/mol. The Morgan fingerprint density at radius 1 is 1.18 bits per heavy atom. The number of anilines is 2. The van der Waals surface area contributed by atoms with Crippen LogP contribution < -0.4 is 10.2 Å². The molecule has 3 aromatic rings. The van der Waals surface area contributed by atoms with Gasteiger partial charge in [-0.2, -0.15) is 0 Å². The van der Waals surface area contributed by atoms with Crippen LogP contribution in [0, 0.1) is 19.8 Å². The summed E-state index contributed by atoms with van der Waals surface area (Å²) in [7, 11) is 0. The van der Waals surface area contributed by atoms with Crippen molar-refractivity contribution >= 4 is 39.0 Å². The number of aromatic nitrogens is 2. The van der Waals surface area contributed by atoms with Crippen LogP contribution >= 0.6 is 11.3 Å². The molecule has 1 aliphatic rings. The number of rotatable bonds is 4. The molecule has 4 rings (SSSR count). The quantitative estimate of drug-likeness (QED) is 0.695. The van der Waals surface area contributed by atoms with E-state index in [1.54, 1.807) is 17.7 Å². The average Bonchev–Trinajstić information content (AvgIpc) is 3.14. The molecule has 1 fully saturated rings. The Morgan fingerprint density at radius 3 is 2.68 bits per heavy atom. The third kappa shape index (κ3) is 3.74. The number of carbonyl (C=O) groups excluding carboxylic acids is 1. The fourth-order valence-electron chi connectivity index (χ4n) is 3.74. The lowest BCUT2D eigenvalue weighted by molar-refractivity contribution is -0.120. The summed E-state index contributed by atoms with van der Waals surface area (Å²) in [4.78, 5) is 26.4. The number of aryl methyl sites for hydroxylation is 3. The molecule has 1 amide bonds. The number of carbonyl (C=O) groups is 1. The van der Waals surface area contributed by atoms with Gasteiger partial charge in [0.2, 0.25) is 5.91 Å². The Bertz CT molecular complexity index is 1000. The molecule has 2 aromatic heterocycles. The first-order chi connectivity index (χ1) is 13.5. The highest BCUT2D eigenvalue weighted by Crippen LogP contribution is 2.32. The lowest BCUT2D eigenvalue weighted by atomic mass is 9.95. The molecule has 1 N–H and O–H groups in total. The van der Waals surface area contributed by atoms with Crippen molar-refractivity contribution in [1.29, 1.82) is 0 Å². The van der Waals surface area contributed by atoms with Crippen LogP contribution in [0.1, 0.15) is 35.8 Å². The van der Waals surface area contributed by atoms with Gasteiger partial charge in [0.15, 0.2) is 0 Å². The van der Waals surface area contributed by atoms with Gasteiger partial charge in [0.1, 0.15) is 17.0 Å². The molecule has 1 aliphatic heterocycles. The highest BCUT2D eigenvalue weighted by Gasteiger charge is 2.27. The number of hydrogen-bond donors (Lipinski definition) is 1. The van der Waals surface area contributed by atoms with E-state index < -0.39 is 0 Å². The number of thiophene rings is 1. The summed E-state index contributed by atoms with van der Waals surface area (Å²) in [5, 5.41) is 4.23. The lowest BCUT2D eigenvalue weighted by Crippen LogP contribution is -2.38. The van der Waals surface area contributed by atoms with E-state index >= 15 is 0 Å². The van der Waals surface area contributed by atoms with E-state index in [9.17, 15) is 4.79 Å². The van der Waals surface area contributed by atoms with Gasteiger partial charge in [-0.25, -0.2) is 9.97 Å². The van der Waals surface area contributed by atoms with Crippen LogP contribution in [0.3, 0.4) is 0 Å². The van der Waals surface area contributed by atoms with Gasteiger partial charge in [0, 0.05) is 29.6 Å². The second-order valence-electron chi connectivity index (χ2n) is 7.53. The normalized spacial score (nSPS) is 15.2. The van der Waals surface area contributed by atoms with Crippen molar-refractivity contribution in [3.63, 3.8) is 0 Å². The zero-order valence-electron chi connectivity index (χ0n) is 16.7. The number of piperidine rings is 1. The predicted molar refractivity (Wildman–Crippen MR) is 116 cm³/mol. The van der Waals surface area contributed by atoms with E-state index in [1.807, 2.05) is 12.1 Å². The van der Waals surface area contributed by atoms with Crippen molar-refractivity contribution in [1.82, 2.24) is 9.97 Å². The summed E-state index contributed by atoms with van der Waals surface area (Å²) >= 11 is 1.74. The predicted octanol–water partition coefficient (Wildman–Crippen LogP) is 4.73. The molecule has 0 bridgehead atoms. The molecule has 0 saturated carbocycles. The van der Waals surface area contributed by atoms with Crippen molar-refractivity contribution < 1.29 is 4.79 Å².